The number of aryl methyl sites for hydroxylation is 1. The lowest BCUT2D eigenvalue weighted by Gasteiger charge is -2.11. The number of anilines is 1. The number of amides is 1. The molecule has 3 rings (SSSR count). The Morgan fingerprint density at radius 1 is 1.23 bits per heavy atom. The summed E-state index contributed by atoms with van der Waals surface area (Å²) in [4.78, 5) is 28.6. The predicted molar refractivity (Wildman–Crippen MR) is 94.2 cm³/mol. The summed E-state index contributed by atoms with van der Waals surface area (Å²) in [5.41, 5.74) is 1.63. The number of carbonyl (C=O) groups is 2. The van der Waals surface area contributed by atoms with Crippen molar-refractivity contribution in [2.75, 3.05) is 18.5 Å². The Labute approximate surface area is 149 Å². The summed E-state index contributed by atoms with van der Waals surface area (Å²) in [7, 11) is 0. The number of nitrogens with one attached hydrogen (secondary N) is 1. The van der Waals surface area contributed by atoms with Crippen LogP contribution in [0.25, 0.3) is 5.65 Å². The molecule has 0 fully saturated rings. The summed E-state index contributed by atoms with van der Waals surface area (Å²) in [5, 5.41) is 6.87. The summed E-state index contributed by atoms with van der Waals surface area (Å²) < 4.78 is 12.1. The van der Waals surface area contributed by atoms with E-state index in [1.54, 1.807) is 43.6 Å². The standard InChI is InChI=1S/C18H18N4O4/c1-3-25-14-8-5-4-7-13(14)20-15(23)11-26-18(24)16-12(2)21-22-10-6-9-19-17(16)22/h4-10H,3,11H2,1-2H3,(H,20,23). The first-order valence-corrected chi connectivity index (χ1v) is 8.09. The van der Waals surface area contributed by atoms with E-state index in [9.17, 15) is 9.59 Å². The van der Waals surface area contributed by atoms with Crippen molar-refractivity contribution < 1.29 is 19.1 Å². The van der Waals surface area contributed by atoms with Gasteiger partial charge in [0.05, 0.1) is 18.0 Å². The number of carbonyl (C=O) groups excluding carboxylic acids is 2. The Kier molecular flexibility index (Phi) is 5.12. The maximum Gasteiger partial charge on any atom is 0.344 e. The van der Waals surface area contributed by atoms with Crippen molar-refractivity contribution in [3.05, 3.63) is 54.0 Å². The zero-order valence-electron chi connectivity index (χ0n) is 14.4. The summed E-state index contributed by atoms with van der Waals surface area (Å²) in [6, 6.07) is 8.75. The Morgan fingerprint density at radius 3 is 2.85 bits per heavy atom. The molecule has 0 unspecified atom stereocenters. The normalized spacial score (nSPS) is 10.5. The van der Waals surface area contributed by atoms with Crippen LogP contribution in [0.2, 0.25) is 0 Å². The van der Waals surface area contributed by atoms with Crippen molar-refractivity contribution in [3.8, 4) is 5.75 Å². The van der Waals surface area contributed by atoms with E-state index in [-0.39, 0.29) is 5.56 Å². The van der Waals surface area contributed by atoms with Crippen LogP contribution in [-0.4, -0.2) is 39.7 Å². The van der Waals surface area contributed by atoms with Crippen molar-refractivity contribution in [1.29, 1.82) is 0 Å². The Bertz CT molecular complexity index is 951. The van der Waals surface area contributed by atoms with Crippen LogP contribution in [-0.2, 0) is 9.53 Å². The zero-order valence-corrected chi connectivity index (χ0v) is 14.4. The van der Waals surface area contributed by atoms with Gasteiger partial charge in [0.25, 0.3) is 5.91 Å². The summed E-state index contributed by atoms with van der Waals surface area (Å²) >= 11 is 0. The molecule has 2 aromatic heterocycles. The number of nitrogens with zero attached hydrogens (tertiary/aromatic N) is 3. The van der Waals surface area contributed by atoms with Crippen molar-refractivity contribution in [2.24, 2.45) is 0 Å². The molecule has 0 spiro atoms. The maximum atomic E-state index is 12.3. The Balaban J connectivity index is 1.66. The molecular weight excluding hydrogens is 336 g/mol. The van der Waals surface area contributed by atoms with Gasteiger partial charge in [-0.25, -0.2) is 14.3 Å². The molecule has 0 radical (unpaired) electrons. The lowest BCUT2D eigenvalue weighted by molar-refractivity contribution is -0.119. The second kappa shape index (κ2) is 7.64. The molecule has 0 saturated heterocycles. The molecular formula is C18H18N4O4. The molecule has 0 aliphatic rings. The van der Waals surface area contributed by atoms with Crippen LogP contribution >= 0.6 is 0 Å². The Hall–Kier alpha value is -3.42. The second-order valence-electron chi connectivity index (χ2n) is 5.40. The third kappa shape index (κ3) is 3.64. The third-order valence-corrected chi connectivity index (χ3v) is 3.57. The van der Waals surface area contributed by atoms with Gasteiger partial charge in [-0.05, 0) is 32.0 Å². The van der Waals surface area contributed by atoms with E-state index in [1.807, 2.05) is 13.0 Å². The van der Waals surface area contributed by atoms with Crippen LogP contribution in [0.5, 0.6) is 5.75 Å². The van der Waals surface area contributed by atoms with Crippen molar-refractivity contribution in [2.45, 2.75) is 13.8 Å². The topological polar surface area (TPSA) is 94.8 Å². The number of para-hydroxylation sites is 2. The highest BCUT2D eigenvalue weighted by Crippen LogP contribution is 2.23. The van der Waals surface area contributed by atoms with Crippen LogP contribution in [0, 0.1) is 6.92 Å². The van der Waals surface area contributed by atoms with E-state index < -0.39 is 18.5 Å². The molecule has 0 aliphatic carbocycles. The minimum Gasteiger partial charge on any atom is -0.492 e. The fourth-order valence-electron chi connectivity index (χ4n) is 2.48. The first-order valence-electron chi connectivity index (χ1n) is 8.09. The second-order valence-corrected chi connectivity index (χ2v) is 5.40. The molecule has 0 bridgehead atoms. The molecule has 3 aromatic rings. The first kappa shape index (κ1) is 17.4. The Morgan fingerprint density at radius 2 is 2.04 bits per heavy atom. The van der Waals surface area contributed by atoms with Gasteiger partial charge in [-0.15, -0.1) is 0 Å². The minimum atomic E-state index is -0.649. The fraction of sp³-hybridized carbons (Fsp3) is 0.222. The third-order valence-electron chi connectivity index (χ3n) is 3.57. The highest BCUT2D eigenvalue weighted by Gasteiger charge is 2.20. The average Bonchev–Trinajstić information content (AvgIpc) is 2.97. The van der Waals surface area contributed by atoms with E-state index >= 15 is 0 Å². The average molecular weight is 354 g/mol. The summed E-state index contributed by atoms with van der Waals surface area (Å²) in [6.07, 6.45) is 3.24. The molecule has 0 atom stereocenters. The number of hydrogen-bond donors (Lipinski definition) is 1. The van der Waals surface area contributed by atoms with Crippen LogP contribution in [0.1, 0.15) is 23.0 Å². The number of hydrogen-bond acceptors (Lipinski definition) is 6. The first-order chi connectivity index (χ1) is 12.6. The number of rotatable bonds is 6. The van der Waals surface area contributed by atoms with E-state index in [0.717, 1.165) is 0 Å². The number of aromatic nitrogens is 3. The molecule has 1 N–H and O–H groups in total. The quantitative estimate of drug-likeness (QED) is 0.682. The number of fused-ring (bicyclic) bond motifs is 1. The van der Waals surface area contributed by atoms with Gasteiger partial charge in [0, 0.05) is 12.4 Å². The van der Waals surface area contributed by atoms with Gasteiger partial charge >= 0.3 is 5.97 Å². The zero-order chi connectivity index (χ0) is 18.5. The lowest BCUT2D eigenvalue weighted by atomic mass is 10.2. The van der Waals surface area contributed by atoms with Gasteiger partial charge in [-0.1, -0.05) is 12.1 Å². The van der Waals surface area contributed by atoms with Gasteiger partial charge < -0.3 is 14.8 Å². The maximum absolute atomic E-state index is 12.3. The molecule has 1 aromatic carbocycles. The minimum absolute atomic E-state index is 0.244. The van der Waals surface area contributed by atoms with Gasteiger partial charge in [-0.2, -0.15) is 5.10 Å². The van der Waals surface area contributed by atoms with E-state index in [2.05, 4.69) is 15.4 Å². The molecule has 0 aliphatic heterocycles. The molecule has 8 heteroatoms. The van der Waals surface area contributed by atoms with E-state index in [0.29, 0.717) is 29.4 Å². The van der Waals surface area contributed by atoms with Crippen LogP contribution < -0.4 is 10.1 Å². The number of benzene rings is 1. The fourth-order valence-corrected chi connectivity index (χ4v) is 2.48. The van der Waals surface area contributed by atoms with Crippen LogP contribution in [0.4, 0.5) is 5.69 Å². The molecule has 8 nitrogen and oxygen atoms in total. The predicted octanol–water partition coefficient (Wildman–Crippen LogP) is 2.23. The van der Waals surface area contributed by atoms with Crippen LogP contribution in [0.3, 0.4) is 0 Å². The summed E-state index contributed by atoms with van der Waals surface area (Å²) in [5.74, 6) is -0.561. The molecule has 134 valence electrons. The van der Waals surface area contributed by atoms with Crippen molar-refractivity contribution >= 4 is 23.2 Å². The molecule has 1 amide bonds. The summed E-state index contributed by atoms with van der Waals surface area (Å²) in [6.45, 7) is 3.59. The monoisotopic (exact) mass is 354 g/mol. The van der Waals surface area contributed by atoms with E-state index in [1.165, 1.54) is 4.52 Å². The van der Waals surface area contributed by atoms with Gasteiger partial charge in [0.1, 0.15) is 11.3 Å². The van der Waals surface area contributed by atoms with Gasteiger partial charge in [0.15, 0.2) is 12.3 Å². The lowest BCUT2D eigenvalue weighted by Crippen LogP contribution is -2.21. The van der Waals surface area contributed by atoms with Gasteiger partial charge in [0.2, 0.25) is 0 Å². The highest BCUT2D eigenvalue weighted by molar-refractivity contribution is 5.99. The molecule has 2 heterocycles. The SMILES string of the molecule is CCOc1ccccc1NC(=O)COC(=O)c1c(C)nn2cccnc12. The largest absolute Gasteiger partial charge is 0.492 e. The molecule has 26 heavy (non-hydrogen) atoms. The van der Waals surface area contributed by atoms with Crippen molar-refractivity contribution in [3.63, 3.8) is 0 Å². The number of esters is 1. The van der Waals surface area contributed by atoms with Gasteiger partial charge in [-0.3, -0.25) is 4.79 Å². The van der Waals surface area contributed by atoms with Crippen LogP contribution in [0.15, 0.2) is 42.7 Å². The van der Waals surface area contributed by atoms with E-state index in [4.69, 9.17) is 9.47 Å². The van der Waals surface area contributed by atoms with Crippen molar-refractivity contribution in [1.82, 2.24) is 14.6 Å². The molecule has 0 saturated carbocycles. The smallest absolute Gasteiger partial charge is 0.344 e. The number of ether oxygens (including phenoxy) is 2. The highest BCUT2D eigenvalue weighted by atomic mass is 16.5.